The van der Waals surface area contributed by atoms with Crippen LogP contribution in [0.5, 0.6) is 0 Å². The summed E-state index contributed by atoms with van der Waals surface area (Å²) in [6.45, 7) is 5.03. The first kappa shape index (κ1) is 18.5. The average Bonchev–Trinajstić information content (AvgIpc) is 2.86. The zero-order valence-electron chi connectivity index (χ0n) is 15.5. The molecule has 0 aliphatic carbocycles. The number of amides is 3. The number of aliphatic hydroxyl groups is 1. The Labute approximate surface area is 165 Å². The topological polar surface area (TPSA) is 104 Å². The molecule has 3 aliphatic rings. The van der Waals surface area contributed by atoms with E-state index < -0.39 is 40.7 Å². The lowest BCUT2D eigenvalue weighted by molar-refractivity contribution is -0.160. The molecule has 0 aromatic heterocycles. The minimum atomic E-state index is -1.03. The SMILES string of the molecule is CC(C)(C)OC(=O)C1=C(O)CS[C@H]2C(N3C(=O)c4ccccc4C3=O)C(=O)N12. The summed E-state index contributed by atoms with van der Waals surface area (Å²) in [4.78, 5) is 52.8. The molecule has 146 valence electrons. The van der Waals surface area contributed by atoms with Gasteiger partial charge in [0.2, 0.25) is 0 Å². The van der Waals surface area contributed by atoms with Crippen molar-refractivity contribution in [3.63, 3.8) is 0 Å². The first-order chi connectivity index (χ1) is 13.1. The molecule has 1 unspecified atom stereocenters. The van der Waals surface area contributed by atoms with Gasteiger partial charge in [-0.15, -0.1) is 11.8 Å². The Morgan fingerprint density at radius 1 is 1.11 bits per heavy atom. The molecule has 1 saturated heterocycles. The Morgan fingerprint density at radius 3 is 2.21 bits per heavy atom. The van der Waals surface area contributed by atoms with Crippen molar-refractivity contribution in [2.24, 2.45) is 0 Å². The molecule has 3 heterocycles. The third-order valence-corrected chi connectivity index (χ3v) is 5.87. The van der Waals surface area contributed by atoms with Crippen LogP contribution >= 0.6 is 11.8 Å². The van der Waals surface area contributed by atoms with E-state index >= 15 is 0 Å². The molecular formula is C19H18N2O6S. The maximum Gasteiger partial charge on any atom is 0.359 e. The molecule has 28 heavy (non-hydrogen) atoms. The predicted octanol–water partition coefficient (Wildman–Crippen LogP) is 1.68. The number of hydrogen-bond acceptors (Lipinski definition) is 7. The summed E-state index contributed by atoms with van der Waals surface area (Å²) in [5.41, 5.74) is -0.521. The van der Waals surface area contributed by atoms with Gasteiger partial charge in [-0.25, -0.2) is 4.79 Å². The number of β-lactam (4-membered cyclic amide) rings is 1. The molecule has 3 amide bonds. The van der Waals surface area contributed by atoms with E-state index in [4.69, 9.17) is 4.74 Å². The van der Waals surface area contributed by atoms with Crippen LogP contribution in [0.2, 0.25) is 0 Å². The molecule has 0 saturated carbocycles. The Bertz CT molecular complexity index is 928. The minimum absolute atomic E-state index is 0.0721. The average molecular weight is 402 g/mol. The van der Waals surface area contributed by atoms with Crippen molar-refractivity contribution < 1.29 is 29.0 Å². The van der Waals surface area contributed by atoms with Crippen molar-refractivity contribution in [2.45, 2.75) is 37.8 Å². The van der Waals surface area contributed by atoms with E-state index in [1.54, 1.807) is 45.0 Å². The highest BCUT2D eigenvalue weighted by Crippen LogP contribution is 2.44. The van der Waals surface area contributed by atoms with Gasteiger partial charge in [0.05, 0.1) is 16.9 Å². The summed E-state index contributed by atoms with van der Waals surface area (Å²) >= 11 is 1.19. The van der Waals surface area contributed by atoms with Crippen LogP contribution in [0.25, 0.3) is 0 Å². The van der Waals surface area contributed by atoms with E-state index in [0.717, 1.165) is 9.80 Å². The summed E-state index contributed by atoms with van der Waals surface area (Å²) in [5.74, 6) is -2.66. The predicted molar refractivity (Wildman–Crippen MR) is 99.3 cm³/mol. The number of nitrogens with zero attached hydrogens (tertiary/aromatic N) is 2. The van der Waals surface area contributed by atoms with Crippen LogP contribution in [0.1, 0.15) is 41.5 Å². The van der Waals surface area contributed by atoms with Gasteiger partial charge >= 0.3 is 5.97 Å². The fourth-order valence-electron chi connectivity index (χ4n) is 3.46. The van der Waals surface area contributed by atoms with Crippen LogP contribution < -0.4 is 0 Å². The second-order valence-corrected chi connectivity index (χ2v) is 8.78. The molecule has 1 N–H and O–H groups in total. The quantitative estimate of drug-likeness (QED) is 0.456. The highest BCUT2D eigenvalue weighted by Gasteiger charge is 2.60. The van der Waals surface area contributed by atoms with Gasteiger partial charge in [-0.05, 0) is 32.9 Å². The Balaban J connectivity index is 1.63. The van der Waals surface area contributed by atoms with Crippen molar-refractivity contribution in [2.75, 3.05) is 5.75 Å². The molecule has 1 fully saturated rings. The van der Waals surface area contributed by atoms with Crippen LogP contribution in [0.4, 0.5) is 0 Å². The third kappa shape index (κ3) is 2.61. The van der Waals surface area contributed by atoms with Gasteiger partial charge in [0.25, 0.3) is 17.7 Å². The Kier molecular flexibility index (Phi) is 4.04. The number of ether oxygens (including phenoxy) is 1. The summed E-state index contributed by atoms with van der Waals surface area (Å²) in [6, 6.07) is 5.37. The lowest BCUT2D eigenvalue weighted by Gasteiger charge is -2.51. The smallest absolute Gasteiger partial charge is 0.359 e. The summed E-state index contributed by atoms with van der Waals surface area (Å²) < 4.78 is 5.29. The Morgan fingerprint density at radius 2 is 1.68 bits per heavy atom. The van der Waals surface area contributed by atoms with E-state index in [2.05, 4.69) is 0 Å². The summed E-state index contributed by atoms with van der Waals surface area (Å²) in [5, 5.41) is 9.54. The van der Waals surface area contributed by atoms with Crippen LogP contribution in [0.3, 0.4) is 0 Å². The molecular weight excluding hydrogens is 384 g/mol. The van der Waals surface area contributed by atoms with Crippen molar-refractivity contribution in [3.05, 3.63) is 46.8 Å². The van der Waals surface area contributed by atoms with E-state index in [-0.39, 0.29) is 28.3 Å². The van der Waals surface area contributed by atoms with Crippen LogP contribution in [0, 0.1) is 0 Å². The fourth-order valence-corrected chi connectivity index (χ4v) is 4.71. The van der Waals surface area contributed by atoms with Crippen molar-refractivity contribution in [1.29, 1.82) is 0 Å². The highest BCUT2D eigenvalue weighted by atomic mass is 32.2. The maximum absolute atomic E-state index is 12.9. The number of imide groups is 1. The van der Waals surface area contributed by atoms with E-state index in [9.17, 15) is 24.3 Å². The first-order valence-electron chi connectivity index (χ1n) is 8.69. The standard InChI is InChI=1S/C19H18N2O6S/c1-19(2,3)27-18(26)12-11(22)8-28-17-13(16(25)21(12)17)20-14(23)9-6-4-5-7-10(9)15(20)24/h4-7,13,17,22H,8H2,1-3H3/t13?,17-/m0/s1. The number of esters is 1. The first-order valence-corrected chi connectivity index (χ1v) is 9.74. The normalized spacial score (nSPS) is 24.2. The van der Waals surface area contributed by atoms with Gasteiger partial charge in [-0.2, -0.15) is 0 Å². The lowest BCUT2D eigenvalue weighted by Crippen LogP contribution is -2.71. The van der Waals surface area contributed by atoms with Gasteiger partial charge in [0, 0.05) is 0 Å². The largest absolute Gasteiger partial charge is 0.509 e. The molecule has 3 aliphatic heterocycles. The van der Waals surface area contributed by atoms with Gasteiger partial charge in [-0.3, -0.25) is 24.2 Å². The number of carbonyl (C=O) groups is 4. The second-order valence-electron chi connectivity index (χ2n) is 7.68. The van der Waals surface area contributed by atoms with Crippen molar-refractivity contribution in [3.8, 4) is 0 Å². The molecule has 0 bridgehead atoms. The van der Waals surface area contributed by atoms with Crippen LogP contribution in [-0.2, 0) is 14.3 Å². The number of aliphatic hydroxyl groups excluding tert-OH is 1. The van der Waals surface area contributed by atoms with Crippen molar-refractivity contribution in [1.82, 2.24) is 9.80 Å². The molecule has 1 aromatic rings. The van der Waals surface area contributed by atoms with Gasteiger partial charge < -0.3 is 9.84 Å². The summed E-state index contributed by atoms with van der Waals surface area (Å²) in [7, 11) is 0. The van der Waals surface area contributed by atoms with E-state index in [1.165, 1.54) is 11.8 Å². The lowest BCUT2D eigenvalue weighted by atomic mass is 10.0. The molecule has 9 heteroatoms. The minimum Gasteiger partial charge on any atom is -0.509 e. The number of benzene rings is 1. The molecule has 4 rings (SSSR count). The molecule has 0 radical (unpaired) electrons. The molecule has 1 aromatic carbocycles. The Hall–Kier alpha value is -2.81. The van der Waals surface area contributed by atoms with Crippen LogP contribution in [0.15, 0.2) is 35.7 Å². The maximum atomic E-state index is 12.9. The number of carbonyl (C=O) groups excluding carboxylic acids is 4. The number of fused-ring (bicyclic) bond motifs is 2. The number of thioether (sulfide) groups is 1. The van der Waals surface area contributed by atoms with Gasteiger partial charge in [0.1, 0.15) is 22.8 Å². The number of hydrogen-bond donors (Lipinski definition) is 1. The molecule has 8 nitrogen and oxygen atoms in total. The zero-order chi connectivity index (χ0) is 20.4. The summed E-state index contributed by atoms with van der Waals surface area (Å²) in [6.07, 6.45) is 0. The van der Waals surface area contributed by atoms with E-state index in [0.29, 0.717) is 0 Å². The fraction of sp³-hybridized carbons (Fsp3) is 0.368. The van der Waals surface area contributed by atoms with Crippen LogP contribution in [-0.4, -0.2) is 61.4 Å². The number of rotatable bonds is 2. The van der Waals surface area contributed by atoms with Gasteiger partial charge in [0.15, 0.2) is 5.70 Å². The molecule has 0 spiro atoms. The van der Waals surface area contributed by atoms with E-state index in [1.807, 2.05) is 0 Å². The van der Waals surface area contributed by atoms with Gasteiger partial charge in [-0.1, -0.05) is 12.1 Å². The monoisotopic (exact) mass is 402 g/mol. The van der Waals surface area contributed by atoms with Crippen molar-refractivity contribution >= 4 is 35.5 Å². The molecule has 2 atom stereocenters. The second kappa shape index (κ2) is 6.10. The third-order valence-electron chi connectivity index (χ3n) is 4.62. The zero-order valence-corrected chi connectivity index (χ0v) is 16.3. The highest BCUT2D eigenvalue weighted by molar-refractivity contribution is 8.00.